The van der Waals surface area contributed by atoms with Crippen LogP contribution < -0.4 is 16.0 Å². The average molecular weight is 311 g/mol. The first-order valence-electron chi connectivity index (χ1n) is 7.58. The molecule has 0 unspecified atom stereocenters. The van der Waals surface area contributed by atoms with Crippen molar-refractivity contribution in [1.82, 2.24) is 9.13 Å². The van der Waals surface area contributed by atoms with Crippen LogP contribution in [0.4, 0.5) is 0 Å². The van der Waals surface area contributed by atoms with Gasteiger partial charge in [-0.3, -0.25) is 13.9 Å². The predicted molar refractivity (Wildman–Crippen MR) is 84.7 cm³/mol. The van der Waals surface area contributed by atoms with Crippen molar-refractivity contribution < 1.29 is 4.74 Å². The molecule has 118 valence electrons. The van der Waals surface area contributed by atoms with E-state index in [4.69, 9.17) is 4.74 Å². The van der Waals surface area contributed by atoms with Gasteiger partial charge in [0.15, 0.2) is 0 Å². The summed E-state index contributed by atoms with van der Waals surface area (Å²) in [5.41, 5.74) is 0.772. The van der Waals surface area contributed by atoms with Crippen LogP contribution >= 0.6 is 0 Å². The zero-order valence-corrected chi connectivity index (χ0v) is 12.9. The summed E-state index contributed by atoms with van der Waals surface area (Å²) in [4.78, 5) is 24.8. The molecule has 23 heavy (non-hydrogen) atoms. The zero-order chi connectivity index (χ0) is 16.4. The van der Waals surface area contributed by atoms with Gasteiger partial charge in [0.05, 0.1) is 6.54 Å². The maximum atomic E-state index is 12.4. The number of ether oxygens (including phenoxy) is 1. The zero-order valence-electron chi connectivity index (χ0n) is 12.9. The Hall–Kier alpha value is -2.81. The Balaban J connectivity index is 1.87. The second-order valence-electron chi connectivity index (χ2n) is 5.54. The van der Waals surface area contributed by atoms with Crippen molar-refractivity contribution in [2.24, 2.45) is 0 Å². The number of hydrogen-bond acceptors (Lipinski definition) is 4. The van der Waals surface area contributed by atoms with Crippen molar-refractivity contribution in [2.45, 2.75) is 32.9 Å². The lowest BCUT2D eigenvalue weighted by Crippen LogP contribution is -2.42. The molecule has 6 heteroatoms. The third-order valence-corrected chi connectivity index (χ3v) is 4.11. The number of nitriles is 1. The molecule has 0 bridgehead atoms. The molecule has 0 saturated carbocycles. The number of rotatable bonds is 4. The predicted octanol–water partition coefficient (Wildman–Crippen LogP) is 1.22. The van der Waals surface area contributed by atoms with Gasteiger partial charge in [-0.15, -0.1) is 0 Å². The van der Waals surface area contributed by atoms with Gasteiger partial charge in [-0.05, 0) is 31.4 Å². The minimum Gasteiger partial charge on any atom is -0.491 e. The van der Waals surface area contributed by atoms with Crippen LogP contribution in [0, 0.1) is 18.3 Å². The van der Waals surface area contributed by atoms with Crippen LogP contribution in [-0.4, -0.2) is 15.7 Å². The molecule has 6 nitrogen and oxygen atoms in total. The van der Waals surface area contributed by atoms with E-state index < -0.39 is 5.56 Å². The number of aromatic nitrogens is 2. The molecule has 0 atom stereocenters. The second kappa shape index (κ2) is 6.13. The number of hydrogen-bond donors (Lipinski definition) is 0. The smallest absolute Gasteiger partial charge is 0.331 e. The molecule has 1 aromatic carbocycles. The summed E-state index contributed by atoms with van der Waals surface area (Å²) in [5.74, 6) is 0.724. The van der Waals surface area contributed by atoms with Gasteiger partial charge in [-0.1, -0.05) is 18.2 Å². The Kier molecular flexibility index (Phi) is 4.02. The van der Waals surface area contributed by atoms with Crippen LogP contribution in [-0.2, 0) is 19.5 Å². The standard InChI is InChI=1S/C17H17N3O3/c1-12-5-2-3-7-15(12)23-10-9-20-16(21)13(11-18)14-6-4-8-19(14)17(20)22/h2-3,5,7H,4,6,8-10H2,1H3. The maximum absolute atomic E-state index is 12.4. The lowest BCUT2D eigenvalue weighted by molar-refractivity contribution is 0.290. The van der Waals surface area contributed by atoms with Crippen LogP contribution in [0.5, 0.6) is 5.75 Å². The largest absolute Gasteiger partial charge is 0.491 e. The van der Waals surface area contributed by atoms with E-state index in [1.165, 1.54) is 4.57 Å². The third-order valence-electron chi connectivity index (χ3n) is 4.11. The van der Waals surface area contributed by atoms with Crippen molar-refractivity contribution in [1.29, 1.82) is 5.26 Å². The summed E-state index contributed by atoms with van der Waals surface area (Å²) in [6.45, 7) is 2.81. The molecule has 0 fully saturated rings. The first kappa shape index (κ1) is 15.1. The van der Waals surface area contributed by atoms with Crippen LogP contribution in [0.3, 0.4) is 0 Å². The van der Waals surface area contributed by atoms with Crippen LogP contribution in [0.15, 0.2) is 33.9 Å². The van der Waals surface area contributed by atoms with Gasteiger partial charge in [0.1, 0.15) is 24.0 Å². The van der Waals surface area contributed by atoms with Gasteiger partial charge < -0.3 is 4.74 Å². The Labute approximate surface area is 133 Å². The number of nitrogens with zero attached hydrogens (tertiary/aromatic N) is 3. The first-order chi connectivity index (χ1) is 11.1. The summed E-state index contributed by atoms with van der Waals surface area (Å²) in [5, 5.41) is 9.23. The molecule has 3 rings (SSSR count). The highest BCUT2D eigenvalue weighted by molar-refractivity contribution is 5.33. The molecule has 1 aliphatic rings. The van der Waals surface area contributed by atoms with Gasteiger partial charge in [0.2, 0.25) is 0 Å². The Morgan fingerprint density at radius 3 is 2.83 bits per heavy atom. The van der Waals surface area contributed by atoms with E-state index in [1.54, 1.807) is 0 Å². The molecular formula is C17H17N3O3. The highest BCUT2D eigenvalue weighted by Gasteiger charge is 2.22. The van der Waals surface area contributed by atoms with Crippen LogP contribution in [0.2, 0.25) is 0 Å². The Morgan fingerprint density at radius 1 is 1.30 bits per heavy atom. The molecule has 0 saturated heterocycles. The molecule has 0 N–H and O–H groups in total. The van der Waals surface area contributed by atoms with Crippen LogP contribution in [0.1, 0.15) is 23.2 Å². The molecule has 2 aromatic rings. The average Bonchev–Trinajstić information content (AvgIpc) is 3.02. The van der Waals surface area contributed by atoms with E-state index in [9.17, 15) is 14.9 Å². The van der Waals surface area contributed by atoms with Gasteiger partial charge in [0.25, 0.3) is 5.56 Å². The number of fused-ring (bicyclic) bond motifs is 1. The molecule has 1 aromatic heterocycles. The maximum Gasteiger partial charge on any atom is 0.331 e. The number of aryl methyl sites for hydroxylation is 1. The molecule has 1 aliphatic heterocycles. The molecule has 2 heterocycles. The highest BCUT2D eigenvalue weighted by atomic mass is 16.5. The summed E-state index contributed by atoms with van der Waals surface area (Å²) in [6.07, 6.45) is 1.39. The summed E-state index contributed by atoms with van der Waals surface area (Å²) < 4.78 is 8.29. The van der Waals surface area contributed by atoms with E-state index in [0.29, 0.717) is 18.7 Å². The molecule has 0 spiro atoms. The molecular weight excluding hydrogens is 294 g/mol. The molecule has 0 radical (unpaired) electrons. The van der Waals surface area contributed by atoms with Crippen molar-refractivity contribution >= 4 is 0 Å². The topological polar surface area (TPSA) is 77.0 Å². The summed E-state index contributed by atoms with van der Waals surface area (Å²) in [6, 6.07) is 9.50. The van der Waals surface area contributed by atoms with Crippen molar-refractivity contribution in [3.05, 3.63) is 61.9 Å². The molecule has 0 aliphatic carbocycles. The van der Waals surface area contributed by atoms with E-state index in [0.717, 1.165) is 22.3 Å². The summed E-state index contributed by atoms with van der Waals surface area (Å²) >= 11 is 0. The molecule has 0 amide bonds. The van der Waals surface area contributed by atoms with Crippen molar-refractivity contribution in [2.75, 3.05) is 6.61 Å². The van der Waals surface area contributed by atoms with Gasteiger partial charge in [-0.2, -0.15) is 5.26 Å². The monoisotopic (exact) mass is 311 g/mol. The van der Waals surface area contributed by atoms with E-state index in [1.807, 2.05) is 37.3 Å². The number of para-hydroxylation sites is 1. The minimum absolute atomic E-state index is 0.0815. The number of benzene rings is 1. The fraction of sp³-hybridized carbons (Fsp3) is 0.353. The Morgan fingerprint density at radius 2 is 2.09 bits per heavy atom. The van der Waals surface area contributed by atoms with Gasteiger partial charge >= 0.3 is 5.69 Å². The minimum atomic E-state index is -0.515. The van der Waals surface area contributed by atoms with Gasteiger partial charge in [-0.25, -0.2) is 4.79 Å². The van der Waals surface area contributed by atoms with Gasteiger partial charge in [0, 0.05) is 12.2 Å². The highest BCUT2D eigenvalue weighted by Crippen LogP contribution is 2.16. The normalized spacial score (nSPS) is 12.7. The van der Waals surface area contributed by atoms with Crippen molar-refractivity contribution in [3.8, 4) is 11.8 Å². The van der Waals surface area contributed by atoms with E-state index in [-0.39, 0.29) is 24.4 Å². The SMILES string of the molecule is Cc1ccccc1OCCn1c(=O)c(C#N)c2n(c1=O)CCC2. The first-order valence-corrected chi connectivity index (χ1v) is 7.58. The Bertz CT molecular complexity index is 903. The lowest BCUT2D eigenvalue weighted by Gasteiger charge is -2.12. The van der Waals surface area contributed by atoms with Crippen LogP contribution in [0.25, 0.3) is 0 Å². The fourth-order valence-corrected chi connectivity index (χ4v) is 2.91. The third kappa shape index (κ3) is 2.66. The summed E-state index contributed by atoms with van der Waals surface area (Å²) in [7, 11) is 0. The lowest BCUT2D eigenvalue weighted by atomic mass is 10.2. The van der Waals surface area contributed by atoms with Crippen molar-refractivity contribution in [3.63, 3.8) is 0 Å². The quantitative estimate of drug-likeness (QED) is 0.850. The van der Waals surface area contributed by atoms with E-state index in [2.05, 4.69) is 0 Å². The second-order valence-corrected chi connectivity index (χ2v) is 5.54. The fourth-order valence-electron chi connectivity index (χ4n) is 2.91. The van der Waals surface area contributed by atoms with E-state index >= 15 is 0 Å².